The van der Waals surface area contributed by atoms with Crippen LogP contribution in [0.1, 0.15) is 72.6 Å². The number of carbonyl (C=O) groups excluding carboxylic acids is 1. The molecule has 7 nitrogen and oxygen atoms in total. The maximum atomic E-state index is 16.1. The van der Waals surface area contributed by atoms with Gasteiger partial charge >= 0.3 is 6.18 Å². The van der Waals surface area contributed by atoms with Gasteiger partial charge in [-0.05, 0) is 80.5 Å². The molecule has 0 aromatic heterocycles. The number of benzene rings is 3. The maximum Gasteiger partial charge on any atom is 0.416 e. The zero-order valence-electron chi connectivity index (χ0n) is 26.3. The van der Waals surface area contributed by atoms with Crippen LogP contribution in [0.25, 0.3) is 0 Å². The number of aliphatic hydroxyl groups is 1. The van der Waals surface area contributed by atoms with E-state index in [0.717, 1.165) is 17.7 Å². The summed E-state index contributed by atoms with van der Waals surface area (Å²) in [6.45, 7) is 5.47. The highest BCUT2D eigenvalue weighted by Gasteiger charge is 2.34. The van der Waals surface area contributed by atoms with Crippen molar-refractivity contribution >= 4 is 22.4 Å². The van der Waals surface area contributed by atoms with Crippen molar-refractivity contribution in [3.8, 4) is 0 Å². The number of anilines is 1. The fraction of sp³-hybridized carbons (Fsp3) is 0.441. The monoisotopic (exact) mass is 665 g/mol. The molecule has 3 aromatic rings. The molecular weight excluding hydrogens is 622 g/mol. The molecule has 3 aromatic carbocycles. The van der Waals surface area contributed by atoms with Gasteiger partial charge in [0.1, 0.15) is 0 Å². The van der Waals surface area contributed by atoms with Gasteiger partial charge in [0.2, 0.25) is 0 Å². The highest BCUT2D eigenvalue weighted by Crippen LogP contribution is 2.50. The molecule has 1 saturated heterocycles. The Morgan fingerprint density at radius 3 is 2.33 bits per heavy atom. The van der Waals surface area contributed by atoms with E-state index in [4.69, 9.17) is 0 Å². The minimum Gasteiger partial charge on any atom is -0.390 e. The summed E-state index contributed by atoms with van der Waals surface area (Å²) < 4.78 is 78.8. The zero-order chi connectivity index (χ0) is 33.7. The summed E-state index contributed by atoms with van der Waals surface area (Å²) >= 11 is 0. The summed E-state index contributed by atoms with van der Waals surface area (Å²) in [4.78, 5) is 13.8. The van der Waals surface area contributed by atoms with Gasteiger partial charge in [0.05, 0.1) is 34.7 Å². The largest absolute Gasteiger partial charge is 0.416 e. The van der Waals surface area contributed by atoms with E-state index in [2.05, 4.69) is 10.6 Å². The van der Waals surface area contributed by atoms with Crippen LogP contribution in [0.3, 0.4) is 0 Å². The van der Waals surface area contributed by atoms with Crippen molar-refractivity contribution < 1.29 is 36.6 Å². The molecule has 0 spiro atoms. The fourth-order valence-corrected chi connectivity index (χ4v) is 7.30. The smallest absolute Gasteiger partial charge is 0.390 e. The molecule has 1 heterocycles. The van der Waals surface area contributed by atoms with E-state index in [0.29, 0.717) is 36.8 Å². The van der Waals surface area contributed by atoms with Gasteiger partial charge in [-0.3, -0.25) is 18.2 Å². The van der Waals surface area contributed by atoms with E-state index in [-0.39, 0.29) is 36.5 Å². The normalized spacial score (nSPS) is 17.3. The van der Waals surface area contributed by atoms with Crippen LogP contribution < -0.4 is 14.9 Å². The van der Waals surface area contributed by atoms with Gasteiger partial charge in [0.15, 0.2) is 5.82 Å². The van der Waals surface area contributed by atoms with E-state index in [1.807, 2.05) is 37.3 Å². The van der Waals surface area contributed by atoms with Crippen molar-refractivity contribution in [3.05, 3.63) is 100 Å². The molecule has 0 aliphatic carbocycles. The summed E-state index contributed by atoms with van der Waals surface area (Å²) in [6.07, 6.45) is -3.05. The maximum absolute atomic E-state index is 16.1. The van der Waals surface area contributed by atoms with Crippen molar-refractivity contribution in [1.82, 2.24) is 10.6 Å². The lowest BCUT2D eigenvalue weighted by Gasteiger charge is -2.47. The van der Waals surface area contributed by atoms with Gasteiger partial charge in [-0.2, -0.15) is 13.2 Å². The molecule has 0 radical (unpaired) electrons. The molecular formula is C34H43F4N3O4S. The highest BCUT2D eigenvalue weighted by molar-refractivity contribution is 8.25. The Morgan fingerprint density at radius 1 is 0.978 bits per heavy atom. The van der Waals surface area contributed by atoms with Crippen LogP contribution in [0, 0.1) is 5.82 Å². The summed E-state index contributed by atoms with van der Waals surface area (Å²) in [5.41, 5.74) is -0.251. The molecule has 12 heteroatoms. The minimum atomic E-state index is -4.51. The van der Waals surface area contributed by atoms with Gasteiger partial charge < -0.3 is 15.7 Å². The first-order chi connectivity index (χ1) is 21.6. The molecule has 2 atom stereocenters. The van der Waals surface area contributed by atoms with Crippen LogP contribution in [0.15, 0.2) is 66.7 Å². The second kappa shape index (κ2) is 14.7. The van der Waals surface area contributed by atoms with Gasteiger partial charge in [-0.1, -0.05) is 55.8 Å². The van der Waals surface area contributed by atoms with E-state index >= 15 is 4.39 Å². The Kier molecular flexibility index (Phi) is 11.4. The lowest BCUT2D eigenvalue weighted by molar-refractivity contribution is -0.137. The SMILES string of the molecule is CCCc1cc(C(=O)NC(Cc2ccccc2)C(O)CNC(C)(C)c2cccc(C(F)(F)F)c2)c(F)c(N2CCCCS2(O)O)c1. The Labute approximate surface area is 269 Å². The molecule has 1 amide bonds. The molecule has 1 aliphatic rings. The standard InChI is InChI=1S/C34H43F4N3O4S/c1-4-11-24-18-27(31(35)29(20-24)41-16-8-9-17-46(41,44)45)32(43)40-28(19-23-12-6-5-7-13-23)30(42)22-39-33(2,3)25-14-10-15-26(21-25)34(36,37)38/h5-7,10,12-15,18,20-21,28,30,39,42,44-45H,4,8-9,11,16-17,19,22H2,1-3H3,(H,40,43). The lowest BCUT2D eigenvalue weighted by atomic mass is 9.92. The fourth-order valence-electron chi connectivity index (χ4n) is 5.62. The molecule has 46 heavy (non-hydrogen) atoms. The van der Waals surface area contributed by atoms with Crippen molar-refractivity contribution in [2.45, 2.75) is 76.7 Å². The third kappa shape index (κ3) is 8.80. The van der Waals surface area contributed by atoms with Crippen LogP contribution in [-0.4, -0.2) is 51.1 Å². The summed E-state index contributed by atoms with van der Waals surface area (Å²) in [5, 5.41) is 17.3. The predicted molar refractivity (Wildman–Crippen MR) is 175 cm³/mol. The van der Waals surface area contributed by atoms with Crippen LogP contribution >= 0.6 is 10.8 Å². The van der Waals surface area contributed by atoms with Crippen molar-refractivity contribution in [2.75, 3.05) is 23.1 Å². The van der Waals surface area contributed by atoms with Gasteiger partial charge in [-0.15, -0.1) is 10.8 Å². The molecule has 4 rings (SSSR count). The van der Waals surface area contributed by atoms with Crippen LogP contribution in [0.5, 0.6) is 0 Å². The van der Waals surface area contributed by atoms with Crippen molar-refractivity contribution in [3.63, 3.8) is 0 Å². The number of aryl methyl sites for hydroxylation is 1. The first-order valence-corrected chi connectivity index (χ1v) is 17.1. The number of amides is 1. The molecule has 0 bridgehead atoms. The second-order valence-corrected chi connectivity index (χ2v) is 14.4. The molecule has 2 unspecified atom stereocenters. The number of carbonyl (C=O) groups is 1. The number of nitrogens with one attached hydrogen (secondary N) is 2. The minimum absolute atomic E-state index is 0.0412. The first-order valence-electron chi connectivity index (χ1n) is 15.4. The second-order valence-electron chi connectivity index (χ2n) is 12.3. The Morgan fingerprint density at radius 2 is 1.67 bits per heavy atom. The molecule has 1 fully saturated rings. The van der Waals surface area contributed by atoms with E-state index in [1.54, 1.807) is 26.0 Å². The average Bonchev–Trinajstić information content (AvgIpc) is 3.00. The van der Waals surface area contributed by atoms with Gasteiger partial charge in [0.25, 0.3) is 5.91 Å². The average molecular weight is 666 g/mol. The number of hydrogen-bond donors (Lipinski definition) is 5. The highest BCUT2D eigenvalue weighted by atomic mass is 32.3. The zero-order valence-corrected chi connectivity index (χ0v) is 27.1. The number of aliphatic hydroxyl groups excluding tert-OH is 1. The predicted octanol–water partition coefficient (Wildman–Crippen LogP) is 7.29. The summed E-state index contributed by atoms with van der Waals surface area (Å²) in [7, 11) is -3.25. The topological polar surface area (TPSA) is 105 Å². The van der Waals surface area contributed by atoms with Crippen LogP contribution in [-0.2, 0) is 24.6 Å². The van der Waals surface area contributed by atoms with E-state index in [1.165, 1.54) is 16.4 Å². The Hall–Kier alpha value is -3.16. The van der Waals surface area contributed by atoms with Crippen molar-refractivity contribution in [1.29, 1.82) is 0 Å². The van der Waals surface area contributed by atoms with Crippen LogP contribution in [0.2, 0.25) is 0 Å². The summed E-state index contributed by atoms with van der Waals surface area (Å²) in [5.74, 6) is -1.54. The molecule has 252 valence electrons. The van der Waals surface area contributed by atoms with Gasteiger partial charge in [0, 0.05) is 18.6 Å². The lowest BCUT2D eigenvalue weighted by Crippen LogP contribution is -2.51. The first kappa shape index (κ1) is 35.7. The van der Waals surface area contributed by atoms with E-state index in [9.17, 15) is 32.2 Å². The number of hydrogen-bond acceptors (Lipinski definition) is 6. The number of nitrogens with zero attached hydrogens (tertiary/aromatic N) is 1. The quantitative estimate of drug-likeness (QED) is 0.130. The van der Waals surface area contributed by atoms with Crippen LogP contribution in [0.4, 0.5) is 23.2 Å². The van der Waals surface area contributed by atoms with Crippen molar-refractivity contribution in [2.24, 2.45) is 0 Å². The molecule has 1 aliphatic heterocycles. The Balaban J connectivity index is 1.60. The summed E-state index contributed by atoms with van der Waals surface area (Å²) in [6, 6.07) is 16.2. The molecule has 5 N–H and O–H groups in total. The third-order valence-corrected chi connectivity index (χ3v) is 10.2. The number of halogens is 4. The molecule has 0 saturated carbocycles. The third-order valence-electron chi connectivity index (χ3n) is 8.29. The number of alkyl halides is 3. The Bertz CT molecular complexity index is 1490. The van der Waals surface area contributed by atoms with Gasteiger partial charge in [-0.25, -0.2) is 4.39 Å². The number of rotatable bonds is 12. The van der Waals surface area contributed by atoms with E-state index < -0.39 is 51.9 Å².